The van der Waals surface area contributed by atoms with E-state index in [0.717, 1.165) is 5.75 Å². The molecule has 0 aromatic heterocycles. The normalized spacial score (nSPS) is 27.4. The SMILES string of the molecule is CSCC(C)N(C)C(=O)C1C(C(=O)O)C1(C)C. The van der Waals surface area contributed by atoms with Crippen molar-refractivity contribution in [1.29, 1.82) is 0 Å². The maximum absolute atomic E-state index is 12.2. The van der Waals surface area contributed by atoms with Crippen LogP contribution < -0.4 is 0 Å². The average Bonchev–Trinajstić information content (AvgIpc) is 2.80. The quantitative estimate of drug-likeness (QED) is 0.814. The van der Waals surface area contributed by atoms with Crippen molar-refractivity contribution in [3.8, 4) is 0 Å². The molecule has 0 aliphatic heterocycles. The first kappa shape index (κ1) is 14.4. The smallest absolute Gasteiger partial charge is 0.307 e. The number of carboxylic acid groups (broad SMARTS) is 1. The number of nitrogens with zero attached hydrogens (tertiary/aromatic N) is 1. The second kappa shape index (κ2) is 4.88. The molecular weight excluding hydrogens is 238 g/mol. The molecule has 0 aromatic carbocycles. The number of carbonyl (C=O) groups excluding carboxylic acids is 1. The van der Waals surface area contributed by atoms with Gasteiger partial charge in [0.2, 0.25) is 5.91 Å². The fourth-order valence-corrected chi connectivity index (χ4v) is 3.06. The van der Waals surface area contributed by atoms with Crippen LogP contribution in [-0.2, 0) is 9.59 Å². The number of thioether (sulfide) groups is 1. The molecule has 1 fully saturated rings. The standard InChI is InChI=1S/C12H21NO3S/c1-7(6-17-5)13(4)10(14)8-9(11(15)16)12(8,2)3/h7-9H,6H2,1-5H3,(H,15,16). The lowest BCUT2D eigenvalue weighted by atomic mass is 10.1. The van der Waals surface area contributed by atoms with Gasteiger partial charge < -0.3 is 10.0 Å². The van der Waals surface area contributed by atoms with Crippen LogP contribution in [0.15, 0.2) is 0 Å². The first-order valence-corrected chi connectivity index (χ1v) is 7.13. The number of carbonyl (C=O) groups is 2. The molecule has 1 saturated carbocycles. The van der Waals surface area contributed by atoms with Gasteiger partial charge in [0.25, 0.3) is 0 Å². The zero-order chi connectivity index (χ0) is 13.4. The van der Waals surface area contributed by atoms with Crippen molar-refractivity contribution in [1.82, 2.24) is 4.90 Å². The summed E-state index contributed by atoms with van der Waals surface area (Å²) in [5.74, 6) is -0.927. The van der Waals surface area contributed by atoms with Gasteiger partial charge in [-0.15, -0.1) is 0 Å². The average molecular weight is 259 g/mol. The van der Waals surface area contributed by atoms with Crippen LogP contribution >= 0.6 is 11.8 Å². The molecule has 0 spiro atoms. The lowest BCUT2D eigenvalue weighted by Gasteiger charge is -2.25. The second-order valence-corrected chi connectivity index (χ2v) is 6.28. The van der Waals surface area contributed by atoms with Crippen LogP contribution in [0.25, 0.3) is 0 Å². The summed E-state index contributed by atoms with van der Waals surface area (Å²) in [5, 5.41) is 9.06. The van der Waals surface area contributed by atoms with Crippen molar-refractivity contribution in [3.05, 3.63) is 0 Å². The molecule has 1 amide bonds. The first-order valence-electron chi connectivity index (χ1n) is 5.73. The molecule has 1 rings (SSSR count). The van der Waals surface area contributed by atoms with Crippen molar-refractivity contribution in [2.24, 2.45) is 17.3 Å². The molecule has 5 heteroatoms. The van der Waals surface area contributed by atoms with Crippen molar-refractivity contribution in [3.63, 3.8) is 0 Å². The highest BCUT2D eigenvalue weighted by Gasteiger charge is 2.66. The zero-order valence-electron chi connectivity index (χ0n) is 11.1. The molecule has 1 aliphatic rings. The summed E-state index contributed by atoms with van der Waals surface area (Å²) in [6.45, 7) is 5.68. The van der Waals surface area contributed by atoms with E-state index in [1.165, 1.54) is 0 Å². The highest BCUT2D eigenvalue weighted by atomic mass is 32.2. The highest BCUT2D eigenvalue weighted by Crippen LogP contribution is 2.59. The molecule has 0 aromatic rings. The Balaban J connectivity index is 2.69. The number of hydrogen-bond donors (Lipinski definition) is 1. The molecule has 1 N–H and O–H groups in total. The van der Waals surface area contributed by atoms with E-state index in [1.807, 2.05) is 27.0 Å². The summed E-state index contributed by atoms with van der Waals surface area (Å²) < 4.78 is 0. The Morgan fingerprint density at radius 2 is 1.94 bits per heavy atom. The van der Waals surface area contributed by atoms with Gasteiger partial charge in [-0.3, -0.25) is 9.59 Å². The zero-order valence-corrected chi connectivity index (χ0v) is 11.9. The van der Waals surface area contributed by atoms with Crippen LogP contribution in [0.2, 0.25) is 0 Å². The van der Waals surface area contributed by atoms with Crippen molar-refractivity contribution < 1.29 is 14.7 Å². The van der Waals surface area contributed by atoms with E-state index in [0.29, 0.717) is 0 Å². The van der Waals surface area contributed by atoms with Gasteiger partial charge in [-0.2, -0.15) is 11.8 Å². The topological polar surface area (TPSA) is 57.6 Å². The maximum atomic E-state index is 12.2. The van der Waals surface area contributed by atoms with Crippen molar-refractivity contribution >= 4 is 23.6 Å². The molecule has 0 heterocycles. The van der Waals surface area contributed by atoms with Crippen LogP contribution in [0, 0.1) is 17.3 Å². The Bertz CT molecular complexity index is 330. The van der Waals surface area contributed by atoms with Crippen molar-refractivity contribution in [2.75, 3.05) is 19.1 Å². The summed E-state index contributed by atoms with van der Waals surface area (Å²) >= 11 is 1.68. The van der Waals surface area contributed by atoms with Crippen LogP contribution in [0.4, 0.5) is 0 Å². The first-order chi connectivity index (χ1) is 7.75. The maximum Gasteiger partial charge on any atom is 0.307 e. The third kappa shape index (κ3) is 2.59. The molecule has 3 atom stereocenters. The molecule has 0 bridgehead atoms. The van der Waals surface area contributed by atoms with Crippen LogP contribution in [0.3, 0.4) is 0 Å². The van der Waals surface area contributed by atoms with Gasteiger partial charge in [-0.1, -0.05) is 13.8 Å². The Morgan fingerprint density at radius 1 is 1.41 bits per heavy atom. The van der Waals surface area contributed by atoms with E-state index in [9.17, 15) is 9.59 Å². The number of hydrogen-bond acceptors (Lipinski definition) is 3. The van der Waals surface area contributed by atoms with E-state index in [1.54, 1.807) is 23.7 Å². The summed E-state index contributed by atoms with van der Waals surface area (Å²) in [6, 6.07) is 0.142. The third-order valence-electron chi connectivity index (χ3n) is 3.78. The fraction of sp³-hybridized carbons (Fsp3) is 0.833. The third-order valence-corrected chi connectivity index (χ3v) is 4.59. The summed E-state index contributed by atoms with van der Waals surface area (Å²) in [7, 11) is 1.76. The minimum absolute atomic E-state index is 0.0380. The van der Waals surface area contributed by atoms with E-state index >= 15 is 0 Å². The summed E-state index contributed by atoms with van der Waals surface area (Å²) in [6.07, 6.45) is 2.00. The predicted molar refractivity (Wildman–Crippen MR) is 69.0 cm³/mol. The minimum Gasteiger partial charge on any atom is -0.481 e. The Hall–Kier alpha value is -0.710. The molecule has 0 radical (unpaired) electrons. The van der Waals surface area contributed by atoms with Crippen LogP contribution in [-0.4, -0.2) is 47.0 Å². The largest absolute Gasteiger partial charge is 0.481 e. The van der Waals surface area contributed by atoms with Gasteiger partial charge in [0, 0.05) is 18.8 Å². The van der Waals surface area contributed by atoms with Gasteiger partial charge in [0.05, 0.1) is 11.8 Å². The Kier molecular flexibility index (Phi) is 4.12. The molecule has 4 nitrogen and oxygen atoms in total. The molecule has 0 saturated heterocycles. The molecule has 1 aliphatic carbocycles. The molecule has 17 heavy (non-hydrogen) atoms. The monoisotopic (exact) mass is 259 g/mol. The van der Waals surface area contributed by atoms with Gasteiger partial charge in [0.1, 0.15) is 0 Å². The number of aliphatic carboxylic acids is 1. The minimum atomic E-state index is -0.862. The van der Waals surface area contributed by atoms with Crippen molar-refractivity contribution in [2.45, 2.75) is 26.8 Å². The molecule has 98 valence electrons. The van der Waals surface area contributed by atoms with E-state index in [2.05, 4.69) is 0 Å². The highest BCUT2D eigenvalue weighted by molar-refractivity contribution is 7.98. The van der Waals surface area contributed by atoms with Gasteiger partial charge in [-0.25, -0.2) is 0 Å². The number of amides is 1. The molecular formula is C12H21NO3S. The van der Waals surface area contributed by atoms with E-state index in [-0.39, 0.29) is 17.9 Å². The van der Waals surface area contributed by atoms with E-state index in [4.69, 9.17) is 5.11 Å². The number of rotatable bonds is 5. The van der Waals surface area contributed by atoms with Gasteiger partial charge in [-0.05, 0) is 18.6 Å². The summed E-state index contributed by atoms with van der Waals surface area (Å²) in [4.78, 5) is 24.9. The Labute approximate surface area is 107 Å². The summed E-state index contributed by atoms with van der Waals surface area (Å²) in [5.41, 5.74) is -0.406. The van der Waals surface area contributed by atoms with Gasteiger partial charge >= 0.3 is 5.97 Å². The second-order valence-electron chi connectivity index (χ2n) is 5.37. The Morgan fingerprint density at radius 3 is 2.29 bits per heavy atom. The van der Waals surface area contributed by atoms with Gasteiger partial charge in [0.15, 0.2) is 0 Å². The lowest BCUT2D eigenvalue weighted by Crippen LogP contribution is -2.38. The van der Waals surface area contributed by atoms with Crippen LogP contribution in [0.1, 0.15) is 20.8 Å². The molecule has 3 unspecified atom stereocenters. The van der Waals surface area contributed by atoms with Crippen LogP contribution in [0.5, 0.6) is 0 Å². The predicted octanol–water partition coefficient (Wildman–Crippen LogP) is 1.55. The number of carboxylic acids is 1. The lowest BCUT2D eigenvalue weighted by molar-refractivity contribution is -0.142. The fourth-order valence-electron chi connectivity index (χ4n) is 2.35. The van der Waals surface area contributed by atoms with E-state index < -0.39 is 17.3 Å².